The van der Waals surface area contributed by atoms with Gasteiger partial charge in [-0.25, -0.2) is 4.57 Å². The smallest absolute Gasteiger partial charge is 0.191 e. The number of hydrogen-bond donors (Lipinski definition) is 0. The number of aryl methyl sites for hydroxylation is 1. The summed E-state index contributed by atoms with van der Waals surface area (Å²) in [4.78, 5) is 0. The predicted molar refractivity (Wildman–Crippen MR) is 59.2 cm³/mol. The zero-order chi connectivity index (χ0) is 10.1. The van der Waals surface area contributed by atoms with E-state index in [4.69, 9.17) is 0 Å². The number of nitrogens with zero attached hydrogens (tertiary/aromatic N) is 1. The first-order valence-corrected chi connectivity index (χ1v) is 5.07. The molecule has 0 bridgehead atoms. The Balaban J connectivity index is 2.83. The summed E-state index contributed by atoms with van der Waals surface area (Å²) in [6.07, 6.45) is 2.14. The topological polar surface area (TPSA) is 3.88 Å². The number of benzene rings is 1. The van der Waals surface area contributed by atoms with Crippen LogP contribution in [-0.2, 0) is 7.05 Å². The Morgan fingerprint density at radius 1 is 1.07 bits per heavy atom. The quantitative estimate of drug-likeness (QED) is 0.603. The van der Waals surface area contributed by atoms with Crippen molar-refractivity contribution < 1.29 is 4.57 Å². The van der Waals surface area contributed by atoms with Crippen molar-refractivity contribution in [3.05, 3.63) is 42.2 Å². The summed E-state index contributed by atoms with van der Waals surface area (Å²) >= 11 is 0. The van der Waals surface area contributed by atoms with E-state index in [0.717, 1.165) is 0 Å². The lowest BCUT2D eigenvalue weighted by Gasteiger charge is -2.06. The first-order chi connectivity index (χ1) is 6.70. The summed E-state index contributed by atoms with van der Waals surface area (Å²) < 4.78 is 2.22. The van der Waals surface area contributed by atoms with Crippen molar-refractivity contribution >= 4 is 10.8 Å². The largest absolute Gasteiger partial charge is 0.204 e. The second-order valence-corrected chi connectivity index (χ2v) is 4.05. The summed E-state index contributed by atoms with van der Waals surface area (Å²) in [5, 5.41) is 2.70. The molecule has 0 aliphatic rings. The number of aromatic nitrogens is 1. The molecule has 0 fully saturated rings. The van der Waals surface area contributed by atoms with Crippen LogP contribution in [0.15, 0.2) is 36.5 Å². The minimum absolute atomic E-state index is 0.561. The Bertz CT molecular complexity index is 458. The maximum atomic E-state index is 2.24. The van der Waals surface area contributed by atoms with Crippen molar-refractivity contribution in [1.29, 1.82) is 0 Å². The normalized spacial score (nSPS) is 11.1. The van der Waals surface area contributed by atoms with Gasteiger partial charge in [0.05, 0.1) is 0 Å². The molecule has 0 atom stereocenters. The average Bonchev–Trinajstić information content (AvgIpc) is 2.17. The van der Waals surface area contributed by atoms with E-state index in [9.17, 15) is 0 Å². The molecule has 0 N–H and O–H groups in total. The Hall–Kier alpha value is -1.37. The van der Waals surface area contributed by atoms with E-state index < -0.39 is 0 Å². The van der Waals surface area contributed by atoms with E-state index in [0.29, 0.717) is 5.92 Å². The minimum Gasteiger partial charge on any atom is -0.204 e. The van der Waals surface area contributed by atoms with Crippen LogP contribution in [0.4, 0.5) is 0 Å². The average molecular weight is 186 g/mol. The highest BCUT2D eigenvalue weighted by Gasteiger charge is 2.14. The minimum atomic E-state index is 0.561. The van der Waals surface area contributed by atoms with Gasteiger partial charge in [0, 0.05) is 17.4 Å². The Morgan fingerprint density at radius 2 is 1.79 bits per heavy atom. The van der Waals surface area contributed by atoms with Gasteiger partial charge in [-0.2, -0.15) is 0 Å². The highest BCUT2D eigenvalue weighted by molar-refractivity contribution is 5.83. The van der Waals surface area contributed by atoms with Gasteiger partial charge in [-0.1, -0.05) is 32.0 Å². The summed E-state index contributed by atoms with van der Waals surface area (Å²) in [6, 6.07) is 10.7. The summed E-state index contributed by atoms with van der Waals surface area (Å²) in [6.45, 7) is 4.48. The third-order valence-corrected chi connectivity index (χ3v) is 2.64. The van der Waals surface area contributed by atoms with Crippen molar-refractivity contribution in [2.45, 2.75) is 19.8 Å². The van der Waals surface area contributed by atoms with Crippen LogP contribution in [0, 0.1) is 0 Å². The SMILES string of the molecule is CC(C)c1c2ccccc2cc[n+]1C. The molecule has 0 aliphatic carbocycles. The van der Waals surface area contributed by atoms with Crippen molar-refractivity contribution in [2.75, 3.05) is 0 Å². The molecule has 0 radical (unpaired) electrons. The number of rotatable bonds is 1. The first kappa shape index (κ1) is 9.20. The van der Waals surface area contributed by atoms with E-state index in [1.54, 1.807) is 0 Å². The molecule has 0 aliphatic heterocycles. The van der Waals surface area contributed by atoms with Gasteiger partial charge in [0.25, 0.3) is 0 Å². The Kier molecular flexibility index (Phi) is 2.24. The molecule has 1 heterocycles. The second-order valence-electron chi connectivity index (χ2n) is 4.05. The molecule has 0 saturated carbocycles. The van der Waals surface area contributed by atoms with Crippen molar-refractivity contribution in [1.82, 2.24) is 0 Å². The number of fused-ring (bicyclic) bond motifs is 1. The molecule has 0 saturated heterocycles. The standard InChI is InChI=1S/C13H16N/c1-10(2)13-12-7-5-4-6-11(12)8-9-14(13)3/h4-10H,1-3H3/q+1. The molecular weight excluding hydrogens is 170 g/mol. The van der Waals surface area contributed by atoms with Crippen LogP contribution in [-0.4, -0.2) is 0 Å². The lowest BCUT2D eigenvalue weighted by Crippen LogP contribution is -2.33. The third kappa shape index (κ3) is 1.39. The van der Waals surface area contributed by atoms with Gasteiger partial charge < -0.3 is 0 Å². The summed E-state index contributed by atoms with van der Waals surface area (Å²) in [5.74, 6) is 0.561. The van der Waals surface area contributed by atoms with E-state index in [1.165, 1.54) is 16.5 Å². The van der Waals surface area contributed by atoms with Gasteiger partial charge in [0.1, 0.15) is 7.05 Å². The first-order valence-electron chi connectivity index (χ1n) is 5.07. The van der Waals surface area contributed by atoms with Gasteiger partial charge in [0.2, 0.25) is 0 Å². The van der Waals surface area contributed by atoms with E-state index in [2.05, 4.69) is 62.0 Å². The molecule has 1 heteroatoms. The molecule has 1 nitrogen and oxygen atoms in total. The van der Waals surface area contributed by atoms with Crippen molar-refractivity contribution in [3.8, 4) is 0 Å². The van der Waals surface area contributed by atoms with Crippen LogP contribution in [0.2, 0.25) is 0 Å². The summed E-state index contributed by atoms with van der Waals surface area (Å²) in [5.41, 5.74) is 1.41. The predicted octanol–water partition coefficient (Wildman–Crippen LogP) is 2.79. The highest BCUT2D eigenvalue weighted by atomic mass is 14.9. The molecule has 0 unspecified atom stereocenters. The van der Waals surface area contributed by atoms with Gasteiger partial charge in [0.15, 0.2) is 11.9 Å². The van der Waals surface area contributed by atoms with Gasteiger partial charge in [-0.15, -0.1) is 0 Å². The number of pyridine rings is 1. The van der Waals surface area contributed by atoms with Crippen molar-refractivity contribution in [3.63, 3.8) is 0 Å². The van der Waals surface area contributed by atoms with Crippen LogP contribution in [0.25, 0.3) is 10.8 Å². The molecule has 72 valence electrons. The fraction of sp³-hybridized carbons (Fsp3) is 0.308. The van der Waals surface area contributed by atoms with Crippen LogP contribution in [0.3, 0.4) is 0 Å². The number of hydrogen-bond acceptors (Lipinski definition) is 0. The van der Waals surface area contributed by atoms with E-state index in [-0.39, 0.29) is 0 Å². The lowest BCUT2D eigenvalue weighted by atomic mass is 10.0. The van der Waals surface area contributed by atoms with Crippen LogP contribution in [0.1, 0.15) is 25.5 Å². The fourth-order valence-electron chi connectivity index (χ4n) is 2.06. The van der Waals surface area contributed by atoms with E-state index in [1.807, 2.05) is 0 Å². The lowest BCUT2D eigenvalue weighted by molar-refractivity contribution is -0.678. The maximum absolute atomic E-state index is 2.24. The van der Waals surface area contributed by atoms with Gasteiger partial charge in [-0.05, 0) is 11.5 Å². The Morgan fingerprint density at radius 3 is 2.50 bits per heavy atom. The van der Waals surface area contributed by atoms with Crippen LogP contribution in [0.5, 0.6) is 0 Å². The maximum Gasteiger partial charge on any atom is 0.191 e. The summed E-state index contributed by atoms with van der Waals surface area (Å²) in [7, 11) is 2.11. The fourth-order valence-corrected chi connectivity index (χ4v) is 2.06. The van der Waals surface area contributed by atoms with Crippen LogP contribution >= 0.6 is 0 Å². The molecule has 0 spiro atoms. The van der Waals surface area contributed by atoms with E-state index >= 15 is 0 Å². The second kappa shape index (κ2) is 3.41. The van der Waals surface area contributed by atoms with Crippen LogP contribution < -0.4 is 4.57 Å². The van der Waals surface area contributed by atoms with Gasteiger partial charge >= 0.3 is 0 Å². The monoisotopic (exact) mass is 186 g/mol. The van der Waals surface area contributed by atoms with Crippen molar-refractivity contribution in [2.24, 2.45) is 7.05 Å². The molecule has 1 aromatic heterocycles. The molecule has 2 rings (SSSR count). The van der Waals surface area contributed by atoms with Gasteiger partial charge in [-0.3, -0.25) is 0 Å². The molecule has 2 aromatic rings. The third-order valence-electron chi connectivity index (χ3n) is 2.64. The molecule has 0 amide bonds. The Labute approximate surface area is 85.0 Å². The molecule has 14 heavy (non-hydrogen) atoms. The molecular formula is C13H16N+. The zero-order valence-corrected chi connectivity index (χ0v) is 8.99. The highest BCUT2D eigenvalue weighted by Crippen LogP contribution is 2.21. The molecule has 1 aromatic carbocycles. The zero-order valence-electron chi connectivity index (χ0n) is 8.99.